The molecule has 0 fully saturated rings. The van der Waals surface area contributed by atoms with Crippen molar-refractivity contribution < 1.29 is 4.79 Å². The van der Waals surface area contributed by atoms with Crippen LogP contribution in [0.1, 0.15) is 36.9 Å². The van der Waals surface area contributed by atoms with E-state index in [0.29, 0.717) is 13.0 Å². The van der Waals surface area contributed by atoms with Gasteiger partial charge in [-0.3, -0.25) is 4.79 Å². The minimum Gasteiger partial charge on any atom is -0.350 e. The highest BCUT2D eigenvalue weighted by Gasteiger charge is 2.08. The second-order valence-electron chi connectivity index (χ2n) is 3.91. The molecule has 0 spiro atoms. The van der Waals surface area contributed by atoms with Gasteiger partial charge < -0.3 is 11.1 Å². The SMILES string of the molecule is CCCC(N)CC(=O)NCc1nc(C)cs1. The minimum absolute atomic E-state index is 0.00815. The quantitative estimate of drug-likeness (QED) is 0.794. The third kappa shape index (κ3) is 4.72. The molecule has 1 atom stereocenters. The molecule has 3 N–H and O–H groups in total. The average molecular weight is 241 g/mol. The Labute approximate surface area is 100 Å². The van der Waals surface area contributed by atoms with Gasteiger partial charge in [-0.1, -0.05) is 13.3 Å². The van der Waals surface area contributed by atoms with Crippen molar-refractivity contribution in [3.05, 3.63) is 16.1 Å². The van der Waals surface area contributed by atoms with E-state index in [1.165, 1.54) is 0 Å². The van der Waals surface area contributed by atoms with E-state index in [0.717, 1.165) is 23.5 Å². The minimum atomic E-state index is -0.0250. The molecule has 1 amide bonds. The largest absolute Gasteiger partial charge is 0.350 e. The van der Waals surface area contributed by atoms with Crippen LogP contribution < -0.4 is 11.1 Å². The number of aromatic nitrogens is 1. The van der Waals surface area contributed by atoms with Gasteiger partial charge in [0.1, 0.15) is 5.01 Å². The van der Waals surface area contributed by atoms with Crippen LogP contribution in [0.3, 0.4) is 0 Å². The monoisotopic (exact) mass is 241 g/mol. The van der Waals surface area contributed by atoms with Crippen LogP contribution in [0, 0.1) is 6.92 Å². The summed E-state index contributed by atoms with van der Waals surface area (Å²) in [6.45, 7) is 4.52. The maximum atomic E-state index is 11.5. The van der Waals surface area contributed by atoms with Crippen molar-refractivity contribution in [2.75, 3.05) is 0 Å². The van der Waals surface area contributed by atoms with Gasteiger partial charge in [0.25, 0.3) is 0 Å². The highest BCUT2D eigenvalue weighted by atomic mass is 32.1. The lowest BCUT2D eigenvalue weighted by Gasteiger charge is -2.09. The Hall–Kier alpha value is -0.940. The van der Waals surface area contributed by atoms with E-state index >= 15 is 0 Å². The fraction of sp³-hybridized carbons (Fsp3) is 0.636. The van der Waals surface area contributed by atoms with Gasteiger partial charge in [-0.25, -0.2) is 4.98 Å². The number of thiazole rings is 1. The fourth-order valence-electron chi connectivity index (χ4n) is 1.44. The van der Waals surface area contributed by atoms with Crippen molar-refractivity contribution in [2.24, 2.45) is 5.73 Å². The van der Waals surface area contributed by atoms with Crippen molar-refractivity contribution in [3.8, 4) is 0 Å². The molecule has 4 nitrogen and oxygen atoms in total. The molecule has 0 aromatic carbocycles. The van der Waals surface area contributed by atoms with Crippen LogP contribution in [0.15, 0.2) is 5.38 Å². The van der Waals surface area contributed by atoms with Gasteiger partial charge in [-0.15, -0.1) is 11.3 Å². The summed E-state index contributed by atoms with van der Waals surface area (Å²) in [5, 5.41) is 5.75. The van der Waals surface area contributed by atoms with Gasteiger partial charge in [-0.05, 0) is 13.3 Å². The van der Waals surface area contributed by atoms with E-state index in [-0.39, 0.29) is 11.9 Å². The number of hydrogen-bond acceptors (Lipinski definition) is 4. The predicted molar refractivity (Wildman–Crippen MR) is 66.2 cm³/mol. The van der Waals surface area contributed by atoms with Gasteiger partial charge in [-0.2, -0.15) is 0 Å². The van der Waals surface area contributed by atoms with Crippen molar-refractivity contribution in [3.63, 3.8) is 0 Å². The molecular weight excluding hydrogens is 222 g/mol. The maximum Gasteiger partial charge on any atom is 0.221 e. The van der Waals surface area contributed by atoms with Crippen LogP contribution in [-0.2, 0) is 11.3 Å². The molecule has 0 saturated heterocycles. The first kappa shape index (κ1) is 13.1. The van der Waals surface area contributed by atoms with E-state index < -0.39 is 0 Å². The Balaban J connectivity index is 2.25. The van der Waals surface area contributed by atoms with E-state index in [4.69, 9.17) is 5.73 Å². The van der Waals surface area contributed by atoms with E-state index in [9.17, 15) is 4.79 Å². The molecule has 1 unspecified atom stereocenters. The normalized spacial score (nSPS) is 12.4. The molecule has 0 saturated carbocycles. The summed E-state index contributed by atoms with van der Waals surface area (Å²) in [5.41, 5.74) is 6.78. The summed E-state index contributed by atoms with van der Waals surface area (Å²) in [6, 6.07) is -0.0250. The van der Waals surface area contributed by atoms with E-state index in [1.54, 1.807) is 11.3 Å². The smallest absolute Gasteiger partial charge is 0.221 e. The standard InChI is InChI=1S/C11H19N3OS/c1-3-4-9(12)5-10(15)13-6-11-14-8(2)7-16-11/h7,9H,3-6,12H2,1-2H3,(H,13,15). The Morgan fingerprint density at radius 3 is 3.00 bits per heavy atom. The summed E-state index contributed by atoms with van der Waals surface area (Å²) in [6.07, 6.45) is 2.31. The molecule has 1 rings (SSSR count). The van der Waals surface area contributed by atoms with Crippen LogP contribution in [0.4, 0.5) is 0 Å². The van der Waals surface area contributed by atoms with E-state index in [2.05, 4.69) is 17.2 Å². The summed E-state index contributed by atoms with van der Waals surface area (Å²) in [7, 11) is 0. The van der Waals surface area contributed by atoms with Crippen molar-refractivity contribution in [1.82, 2.24) is 10.3 Å². The third-order valence-electron chi connectivity index (χ3n) is 2.21. The summed E-state index contributed by atoms with van der Waals surface area (Å²) in [4.78, 5) is 15.8. The van der Waals surface area contributed by atoms with Crippen LogP contribution in [-0.4, -0.2) is 16.9 Å². The molecular formula is C11H19N3OS. The molecule has 0 aliphatic heterocycles. The molecule has 0 aliphatic rings. The molecule has 90 valence electrons. The zero-order valence-electron chi connectivity index (χ0n) is 9.82. The van der Waals surface area contributed by atoms with Gasteiger partial charge in [0, 0.05) is 23.5 Å². The molecule has 1 heterocycles. The summed E-state index contributed by atoms with van der Waals surface area (Å²) < 4.78 is 0. The number of aryl methyl sites for hydroxylation is 1. The van der Waals surface area contributed by atoms with Gasteiger partial charge in [0.2, 0.25) is 5.91 Å². The number of carbonyl (C=O) groups excluding carboxylic acids is 1. The number of carbonyl (C=O) groups is 1. The first-order valence-corrected chi connectivity index (χ1v) is 6.43. The molecule has 5 heteroatoms. The Morgan fingerprint density at radius 1 is 1.69 bits per heavy atom. The number of rotatable bonds is 6. The lowest BCUT2D eigenvalue weighted by atomic mass is 10.1. The lowest BCUT2D eigenvalue weighted by Crippen LogP contribution is -2.31. The van der Waals surface area contributed by atoms with Crippen molar-refractivity contribution in [1.29, 1.82) is 0 Å². The molecule has 1 aromatic rings. The van der Waals surface area contributed by atoms with E-state index in [1.807, 2.05) is 12.3 Å². The Bertz CT molecular complexity index is 338. The summed E-state index contributed by atoms with van der Waals surface area (Å²) >= 11 is 1.56. The predicted octanol–water partition coefficient (Wildman–Crippen LogP) is 1.59. The number of nitrogens with zero attached hydrogens (tertiary/aromatic N) is 1. The molecule has 0 aliphatic carbocycles. The van der Waals surface area contributed by atoms with Gasteiger partial charge in [0.15, 0.2) is 0 Å². The second-order valence-corrected chi connectivity index (χ2v) is 4.85. The van der Waals surface area contributed by atoms with Crippen LogP contribution in [0.2, 0.25) is 0 Å². The number of hydrogen-bond donors (Lipinski definition) is 2. The third-order valence-corrected chi connectivity index (χ3v) is 3.18. The number of nitrogens with two attached hydrogens (primary N) is 1. The molecule has 1 aromatic heterocycles. The molecule has 0 radical (unpaired) electrons. The Morgan fingerprint density at radius 2 is 2.44 bits per heavy atom. The van der Waals surface area contributed by atoms with Gasteiger partial charge >= 0.3 is 0 Å². The summed E-state index contributed by atoms with van der Waals surface area (Å²) in [5.74, 6) is 0.00815. The topological polar surface area (TPSA) is 68.0 Å². The molecule has 0 bridgehead atoms. The second kappa shape index (κ2) is 6.60. The van der Waals surface area contributed by atoms with Crippen LogP contribution >= 0.6 is 11.3 Å². The molecule has 16 heavy (non-hydrogen) atoms. The highest BCUT2D eigenvalue weighted by Crippen LogP contribution is 2.08. The highest BCUT2D eigenvalue weighted by molar-refractivity contribution is 7.09. The average Bonchev–Trinajstić information content (AvgIpc) is 2.61. The fourth-order valence-corrected chi connectivity index (χ4v) is 2.15. The van der Waals surface area contributed by atoms with Crippen LogP contribution in [0.25, 0.3) is 0 Å². The zero-order valence-corrected chi connectivity index (χ0v) is 10.6. The van der Waals surface area contributed by atoms with Crippen molar-refractivity contribution >= 4 is 17.2 Å². The maximum absolute atomic E-state index is 11.5. The number of amides is 1. The van der Waals surface area contributed by atoms with Gasteiger partial charge in [0.05, 0.1) is 6.54 Å². The first-order chi connectivity index (χ1) is 7.61. The zero-order chi connectivity index (χ0) is 12.0. The van der Waals surface area contributed by atoms with Crippen LogP contribution in [0.5, 0.6) is 0 Å². The van der Waals surface area contributed by atoms with Crippen molar-refractivity contribution in [2.45, 2.75) is 45.7 Å². The Kier molecular flexibility index (Phi) is 5.42. The number of nitrogens with one attached hydrogen (secondary N) is 1. The lowest BCUT2D eigenvalue weighted by molar-refractivity contribution is -0.121. The first-order valence-electron chi connectivity index (χ1n) is 5.55.